The third kappa shape index (κ3) is 2.81. The molecule has 0 aromatic carbocycles. The Morgan fingerprint density at radius 1 is 1.58 bits per heavy atom. The molecule has 12 heavy (non-hydrogen) atoms. The summed E-state index contributed by atoms with van der Waals surface area (Å²) in [6.07, 6.45) is 2.92. The lowest BCUT2D eigenvalue weighted by atomic mass is 9.84. The normalized spacial score (nSPS) is 22.1. The van der Waals surface area contributed by atoms with Gasteiger partial charge in [0.1, 0.15) is 0 Å². The van der Waals surface area contributed by atoms with Crippen molar-refractivity contribution in [2.24, 2.45) is 17.6 Å². The van der Waals surface area contributed by atoms with Gasteiger partial charge in [0, 0.05) is 6.42 Å². The van der Waals surface area contributed by atoms with Crippen LogP contribution in [0.4, 0.5) is 0 Å². The Morgan fingerprint density at radius 3 is 2.67 bits per heavy atom. The van der Waals surface area contributed by atoms with Crippen LogP contribution < -0.4 is 11.1 Å². The lowest BCUT2D eigenvalue weighted by molar-refractivity contribution is -0.119. The number of nitrogens with two attached hydrogens (primary N) is 1. The molecule has 1 amide bonds. The first-order chi connectivity index (χ1) is 5.70. The summed E-state index contributed by atoms with van der Waals surface area (Å²) in [4.78, 5) is 10.7. The Morgan fingerprint density at radius 2 is 2.17 bits per heavy atom. The summed E-state index contributed by atoms with van der Waals surface area (Å²) in [6, 6.07) is 0. The van der Waals surface area contributed by atoms with Crippen LogP contribution in [-0.2, 0) is 4.79 Å². The van der Waals surface area contributed by atoms with Crippen LogP contribution in [0.5, 0.6) is 0 Å². The number of carbonyl (C=O) groups is 1. The van der Waals surface area contributed by atoms with Gasteiger partial charge in [0.05, 0.1) is 0 Å². The molecule has 1 rings (SSSR count). The number of rotatable bonds is 3. The Balaban J connectivity index is 2.29. The van der Waals surface area contributed by atoms with Crippen LogP contribution in [0.2, 0.25) is 0 Å². The van der Waals surface area contributed by atoms with Crippen molar-refractivity contribution in [1.82, 2.24) is 5.32 Å². The van der Waals surface area contributed by atoms with Gasteiger partial charge in [-0.3, -0.25) is 4.79 Å². The first kappa shape index (κ1) is 9.52. The molecule has 70 valence electrons. The zero-order chi connectivity index (χ0) is 8.97. The summed E-state index contributed by atoms with van der Waals surface area (Å²) in [5, 5.41) is 3.31. The van der Waals surface area contributed by atoms with Crippen molar-refractivity contribution in [3.05, 3.63) is 0 Å². The molecule has 3 N–H and O–H groups in total. The van der Waals surface area contributed by atoms with Crippen molar-refractivity contribution in [3.63, 3.8) is 0 Å². The van der Waals surface area contributed by atoms with E-state index in [0.717, 1.165) is 13.1 Å². The van der Waals surface area contributed by atoms with Gasteiger partial charge in [-0.1, -0.05) is 6.92 Å². The number of amides is 1. The zero-order valence-corrected chi connectivity index (χ0v) is 7.68. The zero-order valence-electron chi connectivity index (χ0n) is 7.68. The maximum absolute atomic E-state index is 10.7. The maximum Gasteiger partial charge on any atom is 0.217 e. The van der Waals surface area contributed by atoms with Crippen LogP contribution >= 0.6 is 0 Å². The minimum atomic E-state index is -0.166. The van der Waals surface area contributed by atoms with E-state index in [9.17, 15) is 4.79 Å². The van der Waals surface area contributed by atoms with Gasteiger partial charge >= 0.3 is 0 Å². The lowest BCUT2D eigenvalue weighted by Gasteiger charge is -2.27. The summed E-state index contributed by atoms with van der Waals surface area (Å²) < 4.78 is 0. The predicted molar refractivity (Wildman–Crippen MR) is 48.6 cm³/mol. The second-order valence-corrected chi connectivity index (χ2v) is 3.74. The van der Waals surface area contributed by atoms with Gasteiger partial charge in [-0.2, -0.15) is 0 Å². The molecule has 1 atom stereocenters. The summed E-state index contributed by atoms with van der Waals surface area (Å²) in [6.45, 7) is 4.31. The summed E-state index contributed by atoms with van der Waals surface area (Å²) in [7, 11) is 0. The van der Waals surface area contributed by atoms with E-state index >= 15 is 0 Å². The van der Waals surface area contributed by atoms with Gasteiger partial charge in [-0.25, -0.2) is 0 Å². The molecular formula is C9H18N2O. The van der Waals surface area contributed by atoms with Crippen molar-refractivity contribution < 1.29 is 4.79 Å². The lowest BCUT2D eigenvalue weighted by Crippen LogP contribution is -2.32. The van der Waals surface area contributed by atoms with Crippen LogP contribution in [0.3, 0.4) is 0 Å². The molecule has 0 aromatic rings. The van der Waals surface area contributed by atoms with Crippen LogP contribution in [0.15, 0.2) is 0 Å². The number of carbonyl (C=O) groups excluding carboxylic acids is 1. The minimum Gasteiger partial charge on any atom is -0.370 e. The van der Waals surface area contributed by atoms with Crippen molar-refractivity contribution in [1.29, 1.82) is 0 Å². The molecule has 1 unspecified atom stereocenters. The standard InChI is InChI=1S/C9H18N2O/c1-7(6-9(10)12)8-2-4-11-5-3-8/h7-8,11H,2-6H2,1H3,(H2,10,12). The molecule has 1 heterocycles. The highest BCUT2D eigenvalue weighted by Crippen LogP contribution is 2.23. The van der Waals surface area contributed by atoms with Gasteiger partial charge in [0.15, 0.2) is 0 Å². The largest absolute Gasteiger partial charge is 0.370 e. The van der Waals surface area contributed by atoms with Crippen LogP contribution in [0.25, 0.3) is 0 Å². The summed E-state index contributed by atoms with van der Waals surface area (Å²) in [5.74, 6) is 0.990. The van der Waals surface area contributed by atoms with Gasteiger partial charge in [-0.15, -0.1) is 0 Å². The van der Waals surface area contributed by atoms with E-state index in [1.165, 1.54) is 12.8 Å². The molecule has 3 heteroatoms. The predicted octanol–water partition coefficient (Wildman–Crippen LogP) is 0.497. The van der Waals surface area contributed by atoms with E-state index in [1.54, 1.807) is 0 Å². The second-order valence-electron chi connectivity index (χ2n) is 3.74. The molecule has 0 bridgehead atoms. The van der Waals surface area contributed by atoms with Crippen molar-refractivity contribution in [2.45, 2.75) is 26.2 Å². The van der Waals surface area contributed by atoms with E-state index in [2.05, 4.69) is 12.2 Å². The van der Waals surface area contributed by atoms with E-state index in [1.807, 2.05) is 0 Å². The molecule has 0 spiro atoms. The summed E-state index contributed by atoms with van der Waals surface area (Å²) >= 11 is 0. The number of nitrogens with one attached hydrogen (secondary N) is 1. The molecular weight excluding hydrogens is 152 g/mol. The molecule has 1 saturated heterocycles. The second kappa shape index (κ2) is 4.45. The molecule has 0 aromatic heterocycles. The van der Waals surface area contributed by atoms with E-state index in [-0.39, 0.29) is 5.91 Å². The maximum atomic E-state index is 10.7. The molecule has 3 nitrogen and oxygen atoms in total. The smallest absolute Gasteiger partial charge is 0.217 e. The summed E-state index contributed by atoms with van der Waals surface area (Å²) in [5.41, 5.74) is 5.15. The Hall–Kier alpha value is -0.570. The van der Waals surface area contributed by atoms with E-state index < -0.39 is 0 Å². The van der Waals surface area contributed by atoms with Crippen molar-refractivity contribution in [3.8, 4) is 0 Å². The molecule has 1 fully saturated rings. The molecule has 1 aliphatic rings. The first-order valence-corrected chi connectivity index (χ1v) is 4.69. The third-order valence-corrected chi connectivity index (χ3v) is 2.71. The quantitative estimate of drug-likeness (QED) is 0.648. The number of hydrogen-bond donors (Lipinski definition) is 2. The van der Waals surface area contributed by atoms with Gasteiger partial charge < -0.3 is 11.1 Å². The van der Waals surface area contributed by atoms with Crippen LogP contribution in [-0.4, -0.2) is 19.0 Å². The van der Waals surface area contributed by atoms with Crippen molar-refractivity contribution in [2.75, 3.05) is 13.1 Å². The highest BCUT2D eigenvalue weighted by Gasteiger charge is 2.20. The Bertz CT molecular complexity index is 153. The molecule has 0 aliphatic carbocycles. The van der Waals surface area contributed by atoms with Crippen LogP contribution in [0.1, 0.15) is 26.2 Å². The minimum absolute atomic E-state index is 0.166. The number of primary amides is 1. The topological polar surface area (TPSA) is 55.1 Å². The fourth-order valence-electron chi connectivity index (χ4n) is 1.90. The average molecular weight is 170 g/mol. The fraction of sp³-hybridized carbons (Fsp3) is 0.889. The van der Waals surface area contributed by atoms with Gasteiger partial charge in [-0.05, 0) is 37.8 Å². The third-order valence-electron chi connectivity index (χ3n) is 2.71. The van der Waals surface area contributed by atoms with Crippen LogP contribution in [0, 0.1) is 11.8 Å². The SMILES string of the molecule is CC(CC(N)=O)C1CCNCC1. The monoisotopic (exact) mass is 170 g/mol. The molecule has 0 saturated carbocycles. The van der Waals surface area contributed by atoms with Gasteiger partial charge in [0.25, 0.3) is 0 Å². The van der Waals surface area contributed by atoms with Crippen molar-refractivity contribution >= 4 is 5.91 Å². The molecule has 1 aliphatic heterocycles. The van der Waals surface area contributed by atoms with Gasteiger partial charge in [0.2, 0.25) is 5.91 Å². The highest BCUT2D eigenvalue weighted by atomic mass is 16.1. The van der Waals surface area contributed by atoms with E-state index in [4.69, 9.17) is 5.73 Å². The first-order valence-electron chi connectivity index (χ1n) is 4.69. The number of piperidine rings is 1. The number of hydrogen-bond acceptors (Lipinski definition) is 2. The van der Waals surface area contributed by atoms with E-state index in [0.29, 0.717) is 18.3 Å². The Kier molecular flexibility index (Phi) is 3.53. The highest BCUT2D eigenvalue weighted by molar-refractivity contribution is 5.73. The average Bonchev–Trinajstić information content (AvgIpc) is 2.05. The fourth-order valence-corrected chi connectivity index (χ4v) is 1.90. The Labute approximate surface area is 73.7 Å². The molecule has 0 radical (unpaired) electrons.